The highest BCUT2D eigenvalue weighted by Crippen LogP contribution is 2.54. The van der Waals surface area contributed by atoms with Gasteiger partial charge < -0.3 is 9.84 Å². The van der Waals surface area contributed by atoms with E-state index >= 15 is 0 Å². The van der Waals surface area contributed by atoms with Crippen LogP contribution in [0.25, 0.3) is 0 Å². The molecule has 1 saturated heterocycles. The van der Waals surface area contributed by atoms with Crippen molar-refractivity contribution in [3.8, 4) is 5.75 Å². The Morgan fingerprint density at radius 1 is 1.39 bits per heavy atom. The molecule has 2 nitrogen and oxygen atoms in total. The summed E-state index contributed by atoms with van der Waals surface area (Å²) in [5.74, 6) is 0.964. The highest BCUT2D eigenvalue weighted by Gasteiger charge is 2.46. The third-order valence-corrected chi connectivity index (χ3v) is 5.62. The molecule has 3 rings (SSSR count). The van der Waals surface area contributed by atoms with Crippen molar-refractivity contribution in [2.75, 3.05) is 0 Å². The quantitative estimate of drug-likeness (QED) is 0.771. The predicted octanol–water partition coefficient (Wildman–Crippen LogP) is 3.88. The van der Waals surface area contributed by atoms with Crippen LogP contribution in [0.15, 0.2) is 18.2 Å². The SMILES string of the molecule is C[C@@H]1O[C@H]2c3cccc(O)c3CC[C@H]2C(C)(C)S1. The van der Waals surface area contributed by atoms with Crippen molar-refractivity contribution in [1.82, 2.24) is 0 Å². The van der Waals surface area contributed by atoms with Gasteiger partial charge in [0, 0.05) is 10.7 Å². The number of hydrogen-bond donors (Lipinski definition) is 1. The molecule has 1 N–H and O–H groups in total. The number of rotatable bonds is 0. The van der Waals surface area contributed by atoms with E-state index in [0.29, 0.717) is 11.7 Å². The maximum absolute atomic E-state index is 9.98. The molecule has 0 aromatic heterocycles. The zero-order valence-corrected chi connectivity index (χ0v) is 12.0. The lowest BCUT2D eigenvalue weighted by Crippen LogP contribution is -2.43. The maximum atomic E-state index is 9.98. The van der Waals surface area contributed by atoms with Crippen molar-refractivity contribution in [1.29, 1.82) is 0 Å². The summed E-state index contributed by atoms with van der Waals surface area (Å²) in [5.41, 5.74) is 2.51. The molecular formula is C15H20O2S. The van der Waals surface area contributed by atoms with Crippen LogP contribution in [0.5, 0.6) is 5.75 Å². The van der Waals surface area contributed by atoms with Gasteiger partial charge in [0.15, 0.2) is 0 Å². The third-order valence-electron chi connectivity index (χ3n) is 4.27. The van der Waals surface area contributed by atoms with E-state index in [4.69, 9.17) is 4.74 Å². The molecule has 1 aliphatic carbocycles. The van der Waals surface area contributed by atoms with Crippen LogP contribution in [0.2, 0.25) is 0 Å². The zero-order valence-electron chi connectivity index (χ0n) is 11.1. The minimum absolute atomic E-state index is 0.145. The minimum Gasteiger partial charge on any atom is -0.508 e. The van der Waals surface area contributed by atoms with Crippen LogP contribution in [0, 0.1) is 5.92 Å². The van der Waals surface area contributed by atoms with Gasteiger partial charge in [-0.25, -0.2) is 0 Å². The molecule has 2 aliphatic rings. The van der Waals surface area contributed by atoms with Crippen LogP contribution < -0.4 is 0 Å². The molecule has 1 aliphatic heterocycles. The van der Waals surface area contributed by atoms with E-state index in [1.54, 1.807) is 6.07 Å². The van der Waals surface area contributed by atoms with E-state index in [1.165, 1.54) is 5.56 Å². The summed E-state index contributed by atoms with van der Waals surface area (Å²) >= 11 is 1.92. The summed E-state index contributed by atoms with van der Waals surface area (Å²) in [6.45, 7) is 6.77. The summed E-state index contributed by atoms with van der Waals surface area (Å²) in [6, 6.07) is 5.83. The molecule has 0 bridgehead atoms. The lowest BCUT2D eigenvalue weighted by Gasteiger charge is -2.48. The molecule has 1 fully saturated rings. The lowest BCUT2D eigenvalue weighted by molar-refractivity contribution is -0.0300. The van der Waals surface area contributed by atoms with Crippen molar-refractivity contribution in [3.05, 3.63) is 29.3 Å². The Hall–Kier alpha value is -0.670. The molecule has 0 unspecified atom stereocenters. The molecule has 0 radical (unpaired) electrons. The topological polar surface area (TPSA) is 29.5 Å². The molecular weight excluding hydrogens is 244 g/mol. The van der Waals surface area contributed by atoms with Crippen LogP contribution in [0.4, 0.5) is 0 Å². The second kappa shape index (κ2) is 4.17. The molecule has 1 aromatic carbocycles. The van der Waals surface area contributed by atoms with Gasteiger partial charge in [-0.05, 0) is 37.0 Å². The smallest absolute Gasteiger partial charge is 0.119 e. The predicted molar refractivity (Wildman–Crippen MR) is 74.9 cm³/mol. The van der Waals surface area contributed by atoms with Crippen LogP contribution in [0.1, 0.15) is 44.4 Å². The highest BCUT2D eigenvalue weighted by atomic mass is 32.2. The van der Waals surface area contributed by atoms with Crippen LogP contribution in [-0.2, 0) is 11.2 Å². The second-order valence-electron chi connectivity index (χ2n) is 5.84. The fraction of sp³-hybridized carbons (Fsp3) is 0.600. The Bertz CT molecular complexity index is 470. The first-order valence-corrected chi connectivity index (χ1v) is 7.51. The fourth-order valence-corrected chi connectivity index (χ4v) is 4.88. The monoisotopic (exact) mass is 264 g/mol. The first-order valence-electron chi connectivity index (χ1n) is 6.63. The van der Waals surface area contributed by atoms with Gasteiger partial charge in [-0.3, -0.25) is 0 Å². The lowest BCUT2D eigenvalue weighted by atomic mass is 9.75. The average molecular weight is 264 g/mol. The van der Waals surface area contributed by atoms with E-state index in [9.17, 15) is 5.11 Å². The summed E-state index contributed by atoms with van der Waals surface area (Å²) in [7, 11) is 0. The Balaban J connectivity index is 2.05. The standard InChI is InChI=1S/C15H20O2S/c1-9-17-14-11-5-4-6-13(16)10(11)7-8-12(14)15(2,3)18-9/h4-6,9,12,14,16H,7-8H2,1-3H3/t9-,12-,14+/m1/s1. The average Bonchev–Trinajstić information content (AvgIpc) is 2.28. The van der Waals surface area contributed by atoms with Crippen molar-refractivity contribution >= 4 is 11.8 Å². The van der Waals surface area contributed by atoms with E-state index in [2.05, 4.69) is 26.8 Å². The molecule has 3 heteroatoms. The van der Waals surface area contributed by atoms with Crippen molar-refractivity contribution in [2.45, 2.75) is 49.9 Å². The number of thioether (sulfide) groups is 1. The summed E-state index contributed by atoms with van der Waals surface area (Å²) in [6.07, 6.45) is 2.21. The molecule has 1 heterocycles. The second-order valence-corrected chi connectivity index (χ2v) is 7.79. The number of ether oxygens (including phenoxy) is 1. The first kappa shape index (κ1) is 12.4. The van der Waals surface area contributed by atoms with Crippen LogP contribution >= 0.6 is 11.8 Å². The van der Waals surface area contributed by atoms with Gasteiger partial charge in [0.1, 0.15) is 11.2 Å². The number of phenols is 1. The number of phenolic OH excluding ortho intramolecular Hbond substituents is 1. The van der Waals surface area contributed by atoms with Crippen LogP contribution in [-0.4, -0.2) is 15.3 Å². The molecule has 0 spiro atoms. The van der Waals surface area contributed by atoms with Crippen molar-refractivity contribution in [3.63, 3.8) is 0 Å². The normalized spacial score (nSPS) is 33.6. The number of benzene rings is 1. The number of hydrogen-bond acceptors (Lipinski definition) is 3. The third kappa shape index (κ3) is 1.84. The van der Waals surface area contributed by atoms with E-state index in [1.807, 2.05) is 17.8 Å². The molecule has 0 saturated carbocycles. The molecule has 98 valence electrons. The summed E-state index contributed by atoms with van der Waals surface area (Å²) in [4.78, 5) is 0. The molecule has 3 atom stereocenters. The first-order chi connectivity index (χ1) is 8.49. The number of aromatic hydroxyl groups is 1. The molecule has 18 heavy (non-hydrogen) atoms. The van der Waals surface area contributed by atoms with E-state index in [-0.39, 0.29) is 16.3 Å². The van der Waals surface area contributed by atoms with Gasteiger partial charge in [0.2, 0.25) is 0 Å². The van der Waals surface area contributed by atoms with Gasteiger partial charge in [0.25, 0.3) is 0 Å². The highest BCUT2D eigenvalue weighted by molar-refractivity contribution is 8.01. The van der Waals surface area contributed by atoms with Gasteiger partial charge >= 0.3 is 0 Å². The fourth-order valence-electron chi connectivity index (χ4n) is 3.43. The summed E-state index contributed by atoms with van der Waals surface area (Å²) < 4.78 is 6.40. The summed E-state index contributed by atoms with van der Waals surface area (Å²) in [5, 5.41) is 9.98. The maximum Gasteiger partial charge on any atom is 0.119 e. The zero-order chi connectivity index (χ0) is 12.9. The number of fused-ring (bicyclic) bond motifs is 3. The van der Waals surface area contributed by atoms with Crippen LogP contribution in [0.3, 0.4) is 0 Å². The van der Waals surface area contributed by atoms with Crippen molar-refractivity contribution < 1.29 is 9.84 Å². The van der Waals surface area contributed by atoms with Crippen molar-refractivity contribution in [2.24, 2.45) is 5.92 Å². The largest absolute Gasteiger partial charge is 0.508 e. The Kier molecular flexibility index (Phi) is 2.87. The molecule has 1 aromatic rings. The van der Waals surface area contributed by atoms with Gasteiger partial charge in [-0.2, -0.15) is 0 Å². The van der Waals surface area contributed by atoms with Gasteiger partial charge in [-0.1, -0.05) is 26.0 Å². The molecule has 0 amide bonds. The Morgan fingerprint density at radius 3 is 2.94 bits per heavy atom. The Labute approximate surface area is 113 Å². The van der Waals surface area contributed by atoms with Gasteiger partial charge in [0.05, 0.1) is 6.10 Å². The van der Waals surface area contributed by atoms with E-state index in [0.717, 1.165) is 18.4 Å². The minimum atomic E-state index is 0.145. The Morgan fingerprint density at radius 2 is 2.17 bits per heavy atom. The van der Waals surface area contributed by atoms with E-state index < -0.39 is 0 Å². The van der Waals surface area contributed by atoms with Gasteiger partial charge in [-0.15, -0.1) is 11.8 Å².